The number of ether oxygens (including phenoxy) is 1. The lowest BCUT2D eigenvalue weighted by molar-refractivity contribution is -0.123. The van der Waals surface area contributed by atoms with Gasteiger partial charge in [0.05, 0.1) is 6.21 Å². The van der Waals surface area contributed by atoms with E-state index in [4.69, 9.17) is 4.74 Å². The summed E-state index contributed by atoms with van der Waals surface area (Å²) in [5, 5.41) is 3.61. The van der Waals surface area contributed by atoms with Gasteiger partial charge in [0.1, 0.15) is 17.4 Å². The van der Waals surface area contributed by atoms with Crippen LogP contribution in [0.4, 0.5) is 8.78 Å². The van der Waals surface area contributed by atoms with Gasteiger partial charge in [0, 0.05) is 11.6 Å². The lowest BCUT2D eigenvalue weighted by Crippen LogP contribution is -2.24. The Bertz CT molecular complexity index is 660. The average Bonchev–Trinajstić information content (AvgIpc) is 2.47. The molecule has 4 nitrogen and oxygen atoms in total. The molecule has 0 heterocycles. The number of carbonyl (C=O) groups is 1. The summed E-state index contributed by atoms with van der Waals surface area (Å²) in [6.45, 7) is -0.321. The van der Waals surface area contributed by atoms with Crippen LogP contribution in [0.15, 0.2) is 53.6 Å². The molecule has 2 rings (SSSR count). The third-order valence-corrected chi connectivity index (χ3v) is 2.46. The van der Waals surface area contributed by atoms with Crippen LogP contribution in [0.1, 0.15) is 5.56 Å². The highest BCUT2D eigenvalue weighted by Gasteiger charge is 2.02. The summed E-state index contributed by atoms with van der Waals surface area (Å²) in [5.41, 5.74) is 2.44. The van der Waals surface area contributed by atoms with Crippen molar-refractivity contribution in [3.8, 4) is 5.75 Å². The summed E-state index contributed by atoms with van der Waals surface area (Å²) in [6.07, 6.45) is 1.19. The maximum atomic E-state index is 13.3. The van der Waals surface area contributed by atoms with Crippen molar-refractivity contribution < 1.29 is 18.3 Å². The molecule has 0 bridgehead atoms. The van der Waals surface area contributed by atoms with Gasteiger partial charge >= 0.3 is 0 Å². The molecular weight excluding hydrogens is 278 g/mol. The third-order valence-electron chi connectivity index (χ3n) is 2.46. The first kappa shape index (κ1) is 14.6. The fraction of sp³-hybridized carbons (Fsp3) is 0.0667. The number of rotatable bonds is 5. The molecule has 0 unspecified atom stereocenters. The Labute approximate surface area is 120 Å². The van der Waals surface area contributed by atoms with Crippen molar-refractivity contribution in [2.75, 3.05) is 6.61 Å². The molecule has 108 valence electrons. The number of hydrogen-bond acceptors (Lipinski definition) is 3. The van der Waals surface area contributed by atoms with Gasteiger partial charge in [-0.1, -0.05) is 24.3 Å². The van der Waals surface area contributed by atoms with Gasteiger partial charge in [0.2, 0.25) is 0 Å². The fourth-order valence-corrected chi connectivity index (χ4v) is 1.49. The van der Waals surface area contributed by atoms with Crippen LogP contribution in [0.5, 0.6) is 5.75 Å². The zero-order valence-corrected chi connectivity index (χ0v) is 10.9. The number of carbonyl (C=O) groups excluding carboxylic acids is 1. The van der Waals surface area contributed by atoms with Gasteiger partial charge in [-0.3, -0.25) is 4.79 Å². The lowest BCUT2D eigenvalue weighted by Gasteiger charge is -2.04. The van der Waals surface area contributed by atoms with Crippen molar-refractivity contribution in [3.05, 3.63) is 65.7 Å². The smallest absolute Gasteiger partial charge is 0.277 e. The quantitative estimate of drug-likeness (QED) is 0.679. The first-order chi connectivity index (χ1) is 10.1. The van der Waals surface area contributed by atoms with Crippen LogP contribution >= 0.6 is 0 Å². The fourth-order valence-electron chi connectivity index (χ4n) is 1.49. The predicted molar refractivity (Wildman–Crippen MR) is 74.0 cm³/mol. The standard InChI is InChI=1S/C15H12F2N2O2/c16-12-5-3-6-13(8-12)21-10-15(20)19-18-9-11-4-1-2-7-14(11)17/h1-9H,10H2,(H,19,20)/b18-9-. The number of hydrogen-bond donors (Lipinski definition) is 1. The Morgan fingerprint density at radius 2 is 2.00 bits per heavy atom. The second kappa shape index (κ2) is 7.14. The second-order valence-electron chi connectivity index (χ2n) is 4.06. The van der Waals surface area contributed by atoms with E-state index in [0.29, 0.717) is 0 Å². The largest absolute Gasteiger partial charge is 0.484 e. The van der Waals surface area contributed by atoms with Gasteiger partial charge in [-0.05, 0) is 18.2 Å². The maximum Gasteiger partial charge on any atom is 0.277 e. The van der Waals surface area contributed by atoms with Gasteiger partial charge in [-0.25, -0.2) is 14.2 Å². The van der Waals surface area contributed by atoms with E-state index in [9.17, 15) is 13.6 Å². The summed E-state index contributed by atoms with van der Waals surface area (Å²) in [6, 6.07) is 11.4. The van der Waals surface area contributed by atoms with E-state index in [1.165, 1.54) is 36.5 Å². The van der Waals surface area contributed by atoms with Crippen LogP contribution in [0.3, 0.4) is 0 Å². The Hall–Kier alpha value is -2.76. The summed E-state index contributed by atoms with van der Waals surface area (Å²) in [5.74, 6) is -1.19. The van der Waals surface area contributed by atoms with Crippen molar-refractivity contribution in [2.24, 2.45) is 5.10 Å². The highest BCUT2D eigenvalue weighted by Crippen LogP contribution is 2.11. The summed E-state index contributed by atoms with van der Waals surface area (Å²) in [4.78, 5) is 11.4. The number of halogens is 2. The van der Waals surface area contributed by atoms with Gasteiger partial charge in [-0.2, -0.15) is 5.10 Å². The number of amides is 1. The van der Waals surface area contributed by atoms with E-state index in [1.807, 2.05) is 0 Å². The molecule has 2 aromatic carbocycles. The van der Waals surface area contributed by atoms with Gasteiger partial charge in [-0.15, -0.1) is 0 Å². The number of nitrogens with zero attached hydrogens (tertiary/aromatic N) is 1. The number of nitrogens with one attached hydrogen (secondary N) is 1. The van der Waals surface area contributed by atoms with Crippen molar-refractivity contribution in [1.29, 1.82) is 0 Å². The minimum absolute atomic E-state index is 0.239. The van der Waals surface area contributed by atoms with Crippen LogP contribution in [-0.2, 0) is 4.79 Å². The van der Waals surface area contributed by atoms with Crippen LogP contribution in [0, 0.1) is 11.6 Å². The lowest BCUT2D eigenvalue weighted by atomic mass is 10.2. The Balaban J connectivity index is 1.81. The minimum atomic E-state index is -0.535. The Morgan fingerprint density at radius 1 is 1.19 bits per heavy atom. The predicted octanol–water partition coefficient (Wildman–Crippen LogP) is 2.49. The van der Waals surface area contributed by atoms with Crippen molar-refractivity contribution in [3.63, 3.8) is 0 Å². The molecule has 0 fully saturated rings. The van der Waals surface area contributed by atoms with E-state index < -0.39 is 17.5 Å². The molecule has 0 saturated carbocycles. The molecule has 21 heavy (non-hydrogen) atoms. The van der Waals surface area contributed by atoms with Crippen LogP contribution in [0.2, 0.25) is 0 Å². The van der Waals surface area contributed by atoms with Crippen molar-refractivity contribution in [2.45, 2.75) is 0 Å². The molecule has 0 aliphatic heterocycles. The summed E-state index contributed by atoms with van der Waals surface area (Å²) in [7, 11) is 0. The Kier molecular flexibility index (Phi) is 4.98. The summed E-state index contributed by atoms with van der Waals surface area (Å²) < 4.78 is 31.2. The first-order valence-corrected chi connectivity index (χ1v) is 6.10. The molecule has 0 aliphatic rings. The molecule has 0 saturated heterocycles. The SMILES string of the molecule is O=C(COc1cccc(F)c1)N/N=C\c1ccccc1F. The highest BCUT2D eigenvalue weighted by molar-refractivity contribution is 5.83. The maximum absolute atomic E-state index is 13.3. The number of benzene rings is 2. The monoisotopic (exact) mass is 290 g/mol. The van der Waals surface area contributed by atoms with E-state index in [-0.39, 0.29) is 17.9 Å². The molecule has 2 aromatic rings. The zero-order valence-electron chi connectivity index (χ0n) is 10.9. The average molecular weight is 290 g/mol. The van der Waals surface area contributed by atoms with E-state index in [2.05, 4.69) is 10.5 Å². The van der Waals surface area contributed by atoms with Gasteiger partial charge < -0.3 is 4.74 Å². The normalized spacial score (nSPS) is 10.6. The van der Waals surface area contributed by atoms with Gasteiger partial charge in [0.15, 0.2) is 6.61 Å². The summed E-state index contributed by atoms with van der Waals surface area (Å²) >= 11 is 0. The number of hydrazone groups is 1. The third kappa shape index (κ3) is 4.68. The van der Waals surface area contributed by atoms with E-state index >= 15 is 0 Å². The Morgan fingerprint density at radius 3 is 2.76 bits per heavy atom. The van der Waals surface area contributed by atoms with Crippen molar-refractivity contribution >= 4 is 12.1 Å². The molecule has 1 N–H and O–H groups in total. The van der Waals surface area contributed by atoms with Crippen LogP contribution < -0.4 is 10.2 Å². The highest BCUT2D eigenvalue weighted by atomic mass is 19.1. The van der Waals surface area contributed by atoms with E-state index in [1.54, 1.807) is 12.1 Å². The molecule has 0 aliphatic carbocycles. The second-order valence-corrected chi connectivity index (χ2v) is 4.06. The van der Waals surface area contributed by atoms with E-state index in [0.717, 1.165) is 6.07 Å². The van der Waals surface area contributed by atoms with Gasteiger partial charge in [0.25, 0.3) is 5.91 Å². The minimum Gasteiger partial charge on any atom is -0.484 e. The molecule has 1 amide bonds. The van der Waals surface area contributed by atoms with Crippen LogP contribution in [-0.4, -0.2) is 18.7 Å². The van der Waals surface area contributed by atoms with Crippen LogP contribution in [0.25, 0.3) is 0 Å². The molecule has 0 aromatic heterocycles. The topological polar surface area (TPSA) is 50.7 Å². The first-order valence-electron chi connectivity index (χ1n) is 6.10. The molecule has 0 atom stereocenters. The molecule has 6 heteroatoms. The molecular formula is C15H12F2N2O2. The zero-order chi connectivity index (χ0) is 15.1. The molecule has 0 spiro atoms. The molecule has 0 radical (unpaired) electrons. The van der Waals surface area contributed by atoms with Crippen molar-refractivity contribution in [1.82, 2.24) is 5.43 Å².